The summed E-state index contributed by atoms with van der Waals surface area (Å²) in [5, 5.41) is 2.92. The van der Waals surface area contributed by atoms with Crippen LogP contribution in [0.5, 0.6) is 0 Å². The molecular weight excluding hydrogens is 362 g/mol. The highest BCUT2D eigenvalue weighted by Crippen LogP contribution is 2.19. The number of nitrogens with one attached hydrogen (secondary N) is 1. The molecule has 2 rings (SSSR count). The van der Waals surface area contributed by atoms with Crippen LogP contribution in [0.25, 0.3) is 0 Å². The molecule has 156 valence electrons. The van der Waals surface area contributed by atoms with Crippen molar-refractivity contribution in [2.24, 2.45) is 0 Å². The highest BCUT2D eigenvalue weighted by molar-refractivity contribution is 6.04. The third-order valence-electron chi connectivity index (χ3n) is 5.11. The second-order valence-electron chi connectivity index (χ2n) is 7.32. The van der Waals surface area contributed by atoms with Crippen LogP contribution in [0.1, 0.15) is 50.5 Å². The zero-order valence-electron chi connectivity index (χ0n) is 18.2. The van der Waals surface area contributed by atoms with Gasteiger partial charge in [0.05, 0.1) is 6.42 Å². The average Bonchev–Trinajstić information content (AvgIpc) is 2.71. The molecule has 0 aliphatic rings. The molecular formula is C24H33N3O2. The Morgan fingerprint density at radius 2 is 1.45 bits per heavy atom. The Kier molecular flexibility index (Phi) is 8.25. The number of carbonyl (C=O) groups excluding carboxylic acids is 2. The Morgan fingerprint density at radius 3 is 1.93 bits per heavy atom. The van der Waals surface area contributed by atoms with Crippen molar-refractivity contribution in [2.45, 2.75) is 47.1 Å². The van der Waals surface area contributed by atoms with E-state index in [2.05, 4.69) is 31.0 Å². The normalized spacial score (nSPS) is 10.7. The lowest BCUT2D eigenvalue weighted by Gasteiger charge is -2.27. The predicted molar refractivity (Wildman–Crippen MR) is 121 cm³/mol. The number of carbonyl (C=O) groups is 2. The standard InChI is InChI=1S/C24H33N3O2/c1-6-26(7-2)23(28)17-19-9-13-21(14-10-19)25-24(29)20-11-15-22(16-12-20)27(8-3)18(4)5/h9-16,18H,6-8,17H2,1-5H3,(H,25,29). The predicted octanol–water partition coefficient (Wildman–Crippen LogP) is 4.58. The van der Waals surface area contributed by atoms with Crippen molar-refractivity contribution in [2.75, 3.05) is 29.9 Å². The summed E-state index contributed by atoms with van der Waals surface area (Å²) < 4.78 is 0. The van der Waals surface area contributed by atoms with Crippen molar-refractivity contribution in [3.05, 3.63) is 59.7 Å². The van der Waals surface area contributed by atoms with Crippen molar-refractivity contribution in [3.63, 3.8) is 0 Å². The Labute approximate surface area is 174 Å². The second kappa shape index (κ2) is 10.6. The van der Waals surface area contributed by atoms with E-state index in [1.54, 1.807) is 0 Å². The molecule has 5 heteroatoms. The molecule has 0 saturated carbocycles. The number of rotatable bonds is 9. The first-order chi connectivity index (χ1) is 13.9. The molecule has 0 heterocycles. The molecule has 0 unspecified atom stereocenters. The Balaban J connectivity index is 1.99. The SMILES string of the molecule is CCN(CC)C(=O)Cc1ccc(NC(=O)c2ccc(N(CC)C(C)C)cc2)cc1. The maximum absolute atomic E-state index is 12.5. The van der Waals surface area contributed by atoms with E-state index in [4.69, 9.17) is 0 Å². The summed E-state index contributed by atoms with van der Waals surface area (Å²) in [7, 11) is 0. The summed E-state index contributed by atoms with van der Waals surface area (Å²) in [4.78, 5) is 28.9. The molecule has 29 heavy (non-hydrogen) atoms. The fraction of sp³-hybridized carbons (Fsp3) is 0.417. The fourth-order valence-corrected chi connectivity index (χ4v) is 3.42. The molecule has 0 atom stereocenters. The summed E-state index contributed by atoms with van der Waals surface area (Å²) in [5.41, 5.74) is 3.39. The first-order valence-electron chi connectivity index (χ1n) is 10.4. The van der Waals surface area contributed by atoms with Crippen molar-refractivity contribution in [1.82, 2.24) is 4.90 Å². The van der Waals surface area contributed by atoms with Gasteiger partial charge < -0.3 is 15.1 Å². The van der Waals surface area contributed by atoms with E-state index in [9.17, 15) is 9.59 Å². The van der Waals surface area contributed by atoms with Crippen LogP contribution >= 0.6 is 0 Å². The van der Waals surface area contributed by atoms with Gasteiger partial charge in [0.25, 0.3) is 5.91 Å². The van der Waals surface area contributed by atoms with Crippen LogP contribution in [0.15, 0.2) is 48.5 Å². The number of amides is 2. The smallest absolute Gasteiger partial charge is 0.255 e. The first-order valence-corrected chi connectivity index (χ1v) is 10.4. The lowest BCUT2D eigenvalue weighted by Crippen LogP contribution is -2.31. The van der Waals surface area contributed by atoms with E-state index < -0.39 is 0 Å². The largest absolute Gasteiger partial charge is 0.369 e. The number of anilines is 2. The summed E-state index contributed by atoms with van der Waals surface area (Å²) in [5.74, 6) is -0.0227. The highest BCUT2D eigenvalue weighted by atomic mass is 16.2. The number of hydrogen-bond acceptors (Lipinski definition) is 3. The summed E-state index contributed by atoms with van der Waals surface area (Å²) in [6.45, 7) is 12.8. The van der Waals surface area contributed by atoms with E-state index in [0.29, 0.717) is 18.0 Å². The fourth-order valence-electron chi connectivity index (χ4n) is 3.42. The van der Waals surface area contributed by atoms with Crippen molar-refractivity contribution < 1.29 is 9.59 Å². The number of benzene rings is 2. The van der Waals surface area contributed by atoms with Crippen LogP contribution in [0, 0.1) is 0 Å². The van der Waals surface area contributed by atoms with Crippen LogP contribution in [0.3, 0.4) is 0 Å². The zero-order valence-corrected chi connectivity index (χ0v) is 18.2. The minimum Gasteiger partial charge on any atom is -0.369 e. The van der Waals surface area contributed by atoms with Gasteiger partial charge in [-0.25, -0.2) is 0 Å². The van der Waals surface area contributed by atoms with Gasteiger partial charge in [-0.05, 0) is 76.6 Å². The lowest BCUT2D eigenvalue weighted by atomic mass is 10.1. The molecule has 0 aromatic heterocycles. The van der Waals surface area contributed by atoms with Gasteiger partial charge in [-0.2, -0.15) is 0 Å². The molecule has 0 aliphatic heterocycles. The van der Waals surface area contributed by atoms with E-state index in [1.807, 2.05) is 67.3 Å². The third kappa shape index (κ3) is 6.08. The first kappa shape index (κ1) is 22.5. The molecule has 2 amide bonds. The molecule has 0 radical (unpaired) electrons. The molecule has 0 spiro atoms. The van der Waals surface area contributed by atoms with Crippen LogP contribution in [0.2, 0.25) is 0 Å². The van der Waals surface area contributed by atoms with Crippen molar-refractivity contribution in [3.8, 4) is 0 Å². The molecule has 0 saturated heterocycles. The molecule has 0 aliphatic carbocycles. The molecule has 5 nitrogen and oxygen atoms in total. The van der Waals surface area contributed by atoms with Crippen LogP contribution in [0.4, 0.5) is 11.4 Å². The highest BCUT2D eigenvalue weighted by Gasteiger charge is 2.12. The van der Waals surface area contributed by atoms with E-state index in [-0.39, 0.29) is 11.8 Å². The Bertz CT molecular complexity index is 794. The van der Waals surface area contributed by atoms with Crippen LogP contribution in [-0.4, -0.2) is 42.4 Å². The summed E-state index contributed by atoms with van der Waals surface area (Å²) in [6.07, 6.45) is 0.376. The molecule has 2 aromatic carbocycles. The number of likely N-dealkylation sites (N-methyl/N-ethyl adjacent to an activating group) is 1. The van der Waals surface area contributed by atoms with Crippen LogP contribution < -0.4 is 10.2 Å². The molecule has 0 bridgehead atoms. The number of nitrogens with zero attached hydrogens (tertiary/aromatic N) is 2. The quantitative estimate of drug-likeness (QED) is 0.676. The maximum Gasteiger partial charge on any atom is 0.255 e. The minimum absolute atomic E-state index is 0.120. The van der Waals surface area contributed by atoms with E-state index in [1.165, 1.54) is 0 Å². The van der Waals surface area contributed by atoms with E-state index >= 15 is 0 Å². The topological polar surface area (TPSA) is 52.7 Å². The minimum atomic E-state index is -0.142. The molecule has 2 aromatic rings. The van der Waals surface area contributed by atoms with Gasteiger partial charge in [-0.3, -0.25) is 9.59 Å². The zero-order chi connectivity index (χ0) is 21.4. The third-order valence-corrected chi connectivity index (χ3v) is 5.11. The van der Waals surface area contributed by atoms with Gasteiger partial charge in [0, 0.05) is 42.6 Å². The van der Waals surface area contributed by atoms with Crippen molar-refractivity contribution in [1.29, 1.82) is 0 Å². The molecule has 1 N–H and O–H groups in total. The Hall–Kier alpha value is -2.82. The van der Waals surface area contributed by atoms with Crippen molar-refractivity contribution >= 4 is 23.2 Å². The number of hydrogen-bond donors (Lipinski definition) is 1. The Morgan fingerprint density at radius 1 is 0.862 bits per heavy atom. The van der Waals surface area contributed by atoms with E-state index in [0.717, 1.165) is 36.6 Å². The summed E-state index contributed by atoms with van der Waals surface area (Å²) >= 11 is 0. The maximum atomic E-state index is 12.5. The average molecular weight is 396 g/mol. The monoisotopic (exact) mass is 395 g/mol. The van der Waals surface area contributed by atoms with Gasteiger partial charge in [-0.15, -0.1) is 0 Å². The van der Waals surface area contributed by atoms with Gasteiger partial charge >= 0.3 is 0 Å². The lowest BCUT2D eigenvalue weighted by molar-refractivity contribution is -0.130. The summed E-state index contributed by atoms with van der Waals surface area (Å²) in [6, 6.07) is 15.6. The van der Waals surface area contributed by atoms with Gasteiger partial charge in [0.15, 0.2) is 0 Å². The van der Waals surface area contributed by atoms with Gasteiger partial charge in [0.2, 0.25) is 5.91 Å². The van der Waals surface area contributed by atoms with Gasteiger partial charge in [0.1, 0.15) is 0 Å². The van der Waals surface area contributed by atoms with Gasteiger partial charge in [-0.1, -0.05) is 12.1 Å². The van der Waals surface area contributed by atoms with Crippen LogP contribution in [-0.2, 0) is 11.2 Å². The molecule has 0 fully saturated rings. The second-order valence-corrected chi connectivity index (χ2v) is 7.32.